The minimum absolute atomic E-state index is 0.0501. The zero-order valence-corrected chi connectivity index (χ0v) is 20.8. The number of nitrogens with two attached hydrogens (primary N) is 1. The van der Waals surface area contributed by atoms with Crippen LogP contribution >= 0.6 is 0 Å². The zero-order valence-electron chi connectivity index (χ0n) is 20.8. The zero-order chi connectivity index (χ0) is 27.5. The number of carbonyl (C=O) groups is 4. The van der Waals surface area contributed by atoms with Gasteiger partial charge in [-0.1, -0.05) is 34.6 Å². The van der Waals surface area contributed by atoms with Crippen LogP contribution in [0.2, 0.25) is 0 Å². The Hall–Kier alpha value is -3.32. The standard InChI is InChI=1S/C22H31F3N6O5/c1-20(2,3)14(29-19(36)22(23,24)25)18(35)31-8-10-11(21(10,4)5)13(31)16(33)28-12(15(26)32)9-7-27-30(6)17(9)34/h7,10-14,34H,8H2,1-6H3,(H2,26,32)(H,28,33)(H,29,36)/t10-,11-,12?,13-,14+/m0/s1. The van der Waals surface area contributed by atoms with Crippen LogP contribution in [0.25, 0.3) is 0 Å². The molecule has 1 aliphatic heterocycles. The maximum Gasteiger partial charge on any atom is 0.471 e. The second-order valence-corrected chi connectivity index (χ2v) is 11.1. The van der Waals surface area contributed by atoms with Crippen molar-refractivity contribution in [2.75, 3.05) is 6.54 Å². The third-order valence-electron chi connectivity index (χ3n) is 7.22. The Labute approximate surface area is 205 Å². The Bertz CT molecular complexity index is 1090. The van der Waals surface area contributed by atoms with Gasteiger partial charge in [-0.25, -0.2) is 4.68 Å². The van der Waals surface area contributed by atoms with Gasteiger partial charge < -0.3 is 26.4 Å². The van der Waals surface area contributed by atoms with Gasteiger partial charge in [-0.15, -0.1) is 0 Å². The highest BCUT2D eigenvalue weighted by atomic mass is 19.4. The average molecular weight is 517 g/mol. The lowest BCUT2D eigenvalue weighted by Gasteiger charge is -2.38. The summed E-state index contributed by atoms with van der Waals surface area (Å²) < 4.78 is 39.9. The van der Waals surface area contributed by atoms with Crippen molar-refractivity contribution in [3.8, 4) is 5.88 Å². The Morgan fingerprint density at radius 2 is 1.78 bits per heavy atom. The predicted molar refractivity (Wildman–Crippen MR) is 119 cm³/mol. The number of primary amides is 1. The molecule has 2 fully saturated rings. The second-order valence-electron chi connectivity index (χ2n) is 11.1. The first kappa shape index (κ1) is 27.3. The molecule has 0 radical (unpaired) electrons. The number of alkyl halides is 3. The molecule has 1 aromatic heterocycles. The van der Waals surface area contributed by atoms with Crippen molar-refractivity contribution in [1.29, 1.82) is 0 Å². The topological polar surface area (TPSA) is 160 Å². The van der Waals surface area contributed by atoms with Crippen LogP contribution in [-0.2, 0) is 26.2 Å². The van der Waals surface area contributed by atoms with E-state index in [1.807, 2.05) is 13.8 Å². The number of aromatic nitrogens is 2. The number of likely N-dealkylation sites (tertiary alicyclic amines) is 1. The van der Waals surface area contributed by atoms with E-state index in [1.165, 1.54) is 27.8 Å². The Morgan fingerprint density at radius 3 is 2.22 bits per heavy atom. The van der Waals surface area contributed by atoms with E-state index in [0.29, 0.717) is 0 Å². The molecule has 36 heavy (non-hydrogen) atoms. The number of aryl methyl sites for hydroxylation is 1. The van der Waals surface area contributed by atoms with Crippen LogP contribution in [0, 0.1) is 22.7 Å². The van der Waals surface area contributed by atoms with E-state index in [1.54, 1.807) is 5.32 Å². The first-order valence-corrected chi connectivity index (χ1v) is 11.3. The fraction of sp³-hybridized carbons (Fsp3) is 0.682. The van der Waals surface area contributed by atoms with E-state index in [4.69, 9.17) is 5.73 Å². The highest BCUT2D eigenvalue weighted by Crippen LogP contribution is 2.65. The molecular weight excluding hydrogens is 485 g/mol. The number of hydrogen-bond donors (Lipinski definition) is 4. The summed E-state index contributed by atoms with van der Waals surface area (Å²) in [5, 5.41) is 18.2. The third-order valence-corrected chi connectivity index (χ3v) is 7.22. The third kappa shape index (κ3) is 4.72. The van der Waals surface area contributed by atoms with E-state index in [-0.39, 0.29) is 29.4 Å². The number of nitrogens with zero attached hydrogens (tertiary/aromatic N) is 3. The van der Waals surface area contributed by atoms with Crippen LogP contribution < -0.4 is 16.4 Å². The molecule has 1 aliphatic carbocycles. The minimum Gasteiger partial charge on any atom is -0.493 e. The number of carbonyl (C=O) groups excluding carboxylic acids is 4. The first-order chi connectivity index (χ1) is 16.3. The molecule has 0 spiro atoms. The number of amides is 4. The molecule has 4 amide bonds. The molecule has 5 atom stereocenters. The van der Waals surface area contributed by atoms with Crippen molar-refractivity contribution in [3.63, 3.8) is 0 Å². The van der Waals surface area contributed by atoms with Crippen LogP contribution in [0.15, 0.2) is 6.20 Å². The molecule has 200 valence electrons. The Kier molecular flexibility index (Phi) is 6.56. The molecule has 1 saturated heterocycles. The first-order valence-electron chi connectivity index (χ1n) is 11.3. The molecule has 2 aliphatic rings. The van der Waals surface area contributed by atoms with Gasteiger partial charge in [-0.05, 0) is 22.7 Å². The maximum atomic E-state index is 13.5. The molecular formula is C22H31F3N6O5. The van der Waals surface area contributed by atoms with Crippen molar-refractivity contribution >= 4 is 23.6 Å². The highest BCUT2D eigenvalue weighted by molar-refractivity contribution is 5.96. The van der Waals surface area contributed by atoms with Gasteiger partial charge in [0.1, 0.15) is 18.1 Å². The summed E-state index contributed by atoms with van der Waals surface area (Å²) in [4.78, 5) is 51.9. The normalized spacial score (nSPS) is 24.5. The number of fused-ring (bicyclic) bond motifs is 1. The summed E-state index contributed by atoms with van der Waals surface area (Å²) >= 11 is 0. The van der Waals surface area contributed by atoms with Gasteiger partial charge in [0.2, 0.25) is 23.6 Å². The van der Waals surface area contributed by atoms with Crippen LogP contribution in [0.3, 0.4) is 0 Å². The van der Waals surface area contributed by atoms with Gasteiger partial charge in [0.25, 0.3) is 0 Å². The highest BCUT2D eigenvalue weighted by Gasteiger charge is 2.70. The van der Waals surface area contributed by atoms with E-state index >= 15 is 0 Å². The average Bonchev–Trinajstić information content (AvgIpc) is 3.05. The summed E-state index contributed by atoms with van der Waals surface area (Å²) in [6.07, 6.45) is -4.04. The lowest BCUT2D eigenvalue weighted by Crippen LogP contribution is -2.61. The molecule has 11 nitrogen and oxygen atoms in total. The molecule has 5 N–H and O–H groups in total. The number of rotatable bonds is 6. The monoisotopic (exact) mass is 516 g/mol. The number of aromatic hydroxyl groups is 1. The molecule has 1 saturated carbocycles. The Balaban J connectivity index is 1.92. The molecule has 1 aromatic rings. The predicted octanol–water partition coefficient (Wildman–Crippen LogP) is 0.345. The summed E-state index contributed by atoms with van der Waals surface area (Å²) in [5.41, 5.74) is 3.95. The van der Waals surface area contributed by atoms with Crippen molar-refractivity contribution in [3.05, 3.63) is 11.8 Å². The Morgan fingerprint density at radius 1 is 1.19 bits per heavy atom. The molecule has 14 heteroatoms. The summed E-state index contributed by atoms with van der Waals surface area (Å²) in [7, 11) is 1.41. The number of piperidine rings is 1. The fourth-order valence-electron chi connectivity index (χ4n) is 5.02. The smallest absolute Gasteiger partial charge is 0.471 e. The van der Waals surface area contributed by atoms with Gasteiger partial charge in [0, 0.05) is 13.6 Å². The van der Waals surface area contributed by atoms with Crippen molar-refractivity contribution in [1.82, 2.24) is 25.3 Å². The maximum absolute atomic E-state index is 13.5. The van der Waals surface area contributed by atoms with Crippen LogP contribution in [0.4, 0.5) is 13.2 Å². The molecule has 0 aromatic carbocycles. The molecule has 3 rings (SSSR count). The fourth-order valence-corrected chi connectivity index (χ4v) is 5.02. The van der Waals surface area contributed by atoms with E-state index in [9.17, 15) is 37.5 Å². The van der Waals surface area contributed by atoms with Crippen molar-refractivity contribution in [2.45, 2.75) is 58.9 Å². The summed E-state index contributed by atoms with van der Waals surface area (Å²) in [5.74, 6) is -5.70. The van der Waals surface area contributed by atoms with Crippen molar-refractivity contribution in [2.24, 2.45) is 35.4 Å². The van der Waals surface area contributed by atoms with Gasteiger partial charge in [-0.3, -0.25) is 19.2 Å². The summed E-state index contributed by atoms with van der Waals surface area (Å²) in [6.45, 7) is 8.37. The van der Waals surface area contributed by atoms with Gasteiger partial charge in [0.15, 0.2) is 0 Å². The number of nitrogens with one attached hydrogen (secondary N) is 2. The lowest BCUT2D eigenvalue weighted by molar-refractivity contribution is -0.176. The lowest BCUT2D eigenvalue weighted by atomic mass is 9.85. The van der Waals surface area contributed by atoms with E-state index < -0.39 is 59.2 Å². The minimum atomic E-state index is -5.20. The van der Waals surface area contributed by atoms with Crippen LogP contribution in [0.5, 0.6) is 5.88 Å². The van der Waals surface area contributed by atoms with Gasteiger partial charge >= 0.3 is 12.1 Å². The number of hydrogen-bond acceptors (Lipinski definition) is 6. The van der Waals surface area contributed by atoms with Crippen LogP contribution in [0.1, 0.15) is 46.2 Å². The van der Waals surface area contributed by atoms with E-state index in [0.717, 1.165) is 15.8 Å². The van der Waals surface area contributed by atoms with Crippen molar-refractivity contribution < 1.29 is 37.5 Å². The summed E-state index contributed by atoms with van der Waals surface area (Å²) in [6, 6.07) is -4.17. The second kappa shape index (κ2) is 8.66. The van der Waals surface area contributed by atoms with Crippen LogP contribution in [-0.4, -0.2) is 68.2 Å². The largest absolute Gasteiger partial charge is 0.493 e. The van der Waals surface area contributed by atoms with E-state index in [2.05, 4.69) is 10.4 Å². The molecule has 0 bridgehead atoms. The quantitative estimate of drug-likeness (QED) is 0.427. The van der Waals surface area contributed by atoms with Gasteiger partial charge in [-0.2, -0.15) is 18.3 Å². The molecule has 1 unspecified atom stereocenters. The molecule has 2 heterocycles. The van der Waals surface area contributed by atoms with Gasteiger partial charge in [0.05, 0.1) is 11.8 Å². The number of halogens is 3. The SMILES string of the molecule is Cn1ncc(C(NC(=O)[C@@H]2[C@@H]3[C@H](CN2C(=O)[C@@H](NC(=O)C(F)(F)F)C(C)(C)C)C3(C)C)C(N)=O)c1O.